The number of nitrogens with zero attached hydrogens (tertiary/aromatic N) is 1. The molecular formula is C15H17NO2Si. The normalized spacial score (nSPS) is 11.5. The molecule has 0 amide bonds. The average Bonchev–Trinajstić information content (AvgIpc) is 2.43. The van der Waals surface area contributed by atoms with E-state index in [4.69, 9.17) is 10.00 Å². The lowest BCUT2D eigenvalue weighted by atomic mass is 10.3. The van der Waals surface area contributed by atoms with Crippen molar-refractivity contribution in [1.29, 1.82) is 5.26 Å². The fourth-order valence-corrected chi connectivity index (χ4v) is 3.32. The van der Waals surface area contributed by atoms with Gasteiger partial charge < -0.3 is 4.74 Å². The first-order valence-electron chi connectivity index (χ1n) is 5.97. The third kappa shape index (κ3) is 4.23. The second kappa shape index (κ2) is 6.71. The number of hydrogen-bond donors (Lipinski definition) is 0. The highest BCUT2D eigenvalue weighted by atomic mass is 28.3. The molecule has 0 aromatic heterocycles. The zero-order valence-corrected chi connectivity index (χ0v) is 12.2. The lowest BCUT2D eigenvalue weighted by Crippen LogP contribution is -2.46. The topological polar surface area (TPSA) is 50.1 Å². The van der Waals surface area contributed by atoms with E-state index in [0.717, 1.165) is 0 Å². The van der Waals surface area contributed by atoms with Crippen LogP contribution in [0.5, 0.6) is 0 Å². The Morgan fingerprint density at radius 2 is 2.05 bits per heavy atom. The van der Waals surface area contributed by atoms with Gasteiger partial charge in [0.2, 0.25) is 0 Å². The van der Waals surface area contributed by atoms with Gasteiger partial charge in [0, 0.05) is 0 Å². The minimum Gasteiger partial charge on any atom is -0.465 e. The minimum absolute atomic E-state index is 0.0205. The van der Waals surface area contributed by atoms with Crippen molar-refractivity contribution in [3.63, 3.8) is 0 Å². The molecule has 1 rings (SSSR count). The summed E-state index contributed by atoms with van der Waals surface area (Å²) in [5.74, 6) is -0.584. The molecule has 0 saturated carbocycles. The van der Waals surface area contributed by atoms with Gasteiger partial charge in [-0.3, -0.25) is 0 Å². The van der Waals surface area contributed by atoms with Gasteiger partial charge in [0.25, 0.3) is 0 Å². The van der Waals surface area contributed by atoms with Crippen molar-refractivity contribution in [2.24, 2.45) is 0 Å². The number of ether oxygens (including phenoxy) is 1. The van der Waals surface area contributed by atoms with E-state index < -0.39 is 14.0 Å². The van der Waals surface area contributed by atoms with Crippen LogP contribution in [0.2, 0.25) is 13.1 Å². The molecule has 0 radical (unpaired) electrons. The van der Waals surface area contributed by atoms with Crippen molar-refractivity contribution in [3.05, 3.63) is 54.6 Å². The highest BCUT2D eigenvalue weighted by molar-refractivity contribution is 6.89. The molecule has 0 N–H and O–H groups in total. The van der Waals surface area contributed by atoms with E-state index in [1.165, 1.54) is 17.3 Å². The minimum atomic E-state index is -1.83. The predicted molar refractivity (Wildman–Crippen MR) is 78.4 cm³/mol. The van der Waals surface area contributed by atoms with Crippen LogP contribution in [0.25, 0.3) is 0 Å². The number of rotatable bonds is 5. The summed E-state index contributed by atoms with van der Waals surface area (Å²) in [5, 5.41) is 10.0. The molecule has 0 aliphatic carbocycles. The summed E-state index contributed by atoms with van der Waals surface area (Å²) in [6.45, 7) is 7.71. The van der Waals surface area contributed by atoms with Crippen LogP contribution in [0.15, 0.2) is 54.6 Å². The van der Waals surface area contributed by atoms with Gasteiger partial charge in [-0.2, -0.15) is 5.26 Å². The molecular weight excluding hydrogens is 254 g/mol. The molecule has 0 unspecified atom stereocenters. The van der Waals surface area contributed by atoms with E-state index in [1.54, 1.807) is 0 Å². The van der Waals surface area contributed by atoms with E-state index >= 15 is 0 Å². The predicted octanol–water partition coefficient (Wildman–Crippen LogP) is 2.32. The SMILES string of the molecule is C=CC=C(C#N)C(=O)OC[Si](C)(C)c1ccccc1. The van der Waals surface area contributed by atoms with Crippen LogP contribution in [-0.2, 0) is 9.53 Å². The number of allylic oxidation sites excluding steroid dienone is 2. The van der Waals surface area contributed by atoms with Crippen molar-refractivity contribution in [2.45, 2.75) is 13.1 Å². The van der Waals surface area contributed by atoms with Gasteiger partial charge in [-0.15, -0.1) is 0 Å². The lowest BCUT2D eigenvalue weighted by Gasteiger charge is -2.22. The molecule has 0 heterocycles. The first kappa shape index (κ1) is 14.9. The molecule has 0 saturated heterocycles. The first-order valence-corrected chi connectivity index (χ1v) is 9.17. The van der Waals surface area contributed by atoms with Crippen LogP contribution < -0.4 is 5.19 Å². The summed E-state index contributed by atoms with van der Waals surface area (Å²) in [7, 11) is -1.83. The van der Waals surface area contributed by atoms with E-state index in [2.05, 4.69) is 19.7 Å². The number of hydrogen-bond acceptors (Lipinski definition) is 3. The zero-order chi connectivity index (χ0) is 14.3. The fraction of sp³-hybridized carbons (Fsp3) is 0.200. The Labute approximate surface area is 114 Å². The maximum Gasteiger partial charge on any atom is 0.348 e. The van der Waals surface area contributed by atoms with Crippen LogP contribution in [0, 0.1) is 11.3 Å². The Bertz CT molecular complexity index is 527. The molecule has 1 aromatic carbocycles. The van der Waals surface area contributed by atoms with Crippen LogP contribution in [0.3, 0.4) is 0 Å². The Kier molecular flexibility index (Phi) is 5.28. The number of nitriles is 1. The van der Waals surface area contributed by atoms with E-state index in [-0.39, 0.29) is 5.57 Å². The van der Waals surface area contributed by atoms with Gasteiger partial charge in [0.1, 0.15) is 19.7 Å². The molecule has 0 aliphatic rings. The molecule has 98 valence electrons. The number of esters is 1. The van der Waals surface area contributed by atoms with Gasteiger partial charge in [-0.25, -0.2) is 4.79 Å². The van der Waals surface area contributed by atoms with Crippen molar-refractivity contribution >= 4 is 19.2 Å². The van der Waals surface area contributed by atoms with E-state index in [0.29, 0.717) is 6.23 Å². The molecule has 0 spiro atoms. The molecule has 0 aliphatic heterocycles. The Balaban J connectivity index is 2.72. The molecule has 4 heteroatoms. The Morgan fingerprint density at radius 3 is 2.58 bits per heavy atom. The van der Waals surface area contributed by atoms with Gasteiger partial charge in [0.05, 0.1) is 6.23 Å². The van der Waals surface area contributed by atoms with Crippen LogP contribution in [0.4, 0.5) is 0 Å². The number of carbonyl (C=O) groups excluding carboxylic acids is 1. The first-order chi connectivity index (χ1) is 9.01. The summed E-state index contributed by atoms with van der Waals surface area (Å²) in [5.41, 5.74) is -0.0205. The average molecular weight is 271 g/mol. The summed E-state index contributed by atoms with van der Waals surface area (Å²) >= 11 is 0. The van der Waals surface area contributed by atoms with Crippen molar-refractivity contribution in [1.82, 2.24) is 0 Å². The second-order valence-corrected chi connectivity index (χ2v) is 9.39. The highest BCUT2D eigenvalue weighted by Gasteiger charge is 2.26. The Hall–Kier alpha value is -2.12. The quantitative estimate of drug-likeness (QED) is 0.271. The van der Waals surface area contributed by atoms with E-state index in [1.807, 2.05) is 36.4 Å². The number of benzene rings is 1. The summed E-state index contributed by atoms with van der Waals surface area (Å²) in [6.07, 6.45) is 3.12. The van der Waals surface area contributed by atoms with Crippen LogP contribution >= 0.6 is 0 Å². The smallest absolute Gasteiger partial charge is 0.348 e. The molecule has 19 heavy (non-hydrogen) atoms. The highest BCUT2D eigenvalue weighted by Crippen LogP contribution is 2.06. The molecule has 0 atom stereocenters. The zero-order valence-electron chi connectivity index (χ0n) is 11.2. The molecule has 0 fully saturated rings. The second-order valence-electron chi connectivity index (χ2n) is 4.75. The maximum absolute atomic E-state index is 11.7. The standard InChI is InChI=1S/C15H17NO2Si/c1-4-8-13(11-16)15(17)18-12-19(2,3)14-9-6-5-7-10-14/h4-10H,1,12H2,2-3H3. The monoisotopic (exact) mass is 271 g/mol. The third-order valence-electron chi connectivity index (χ3n) is 2.74. The summed E-state index contributed by atoms with van der Waals surface area (Å²) in [4.78, 5) is 11.7. The molecule has 1 aromatic rings. The van der Waals surface area contributed by atoms with Gasteiger partial charge in [0.15, 0.2) is 0 Å². The van der Waals surface area contributed by atoms with Crippen molar-refractivity contribution in [3.8, 4) is 6.07 Å². The summed E-state index contributed by atoms with van der Waals surface area (Å²) in [6, 6.07) is 11.8. The Morgan fingerprint density at radius 1 is 1.42 bits per heavy atom. The molecule has 3 nitrogen and oxygen atoms in total. The fourth-order valence-electron chi connectivity index (χ4n) is 1.57. The molecule has 0 bridgehead atoms. The largest absolute Gasteiger partial charge is 0.465 e. The third-order valence-corrected chi connectivity index (χ3v) is 5.51. The van der Waals surface area contributed by atoms with Crippen LogP contribution in [0.1, 0.15) is 0 Å². The lowest BCUT2D eigenvalue weighted by molar-refractivity contribution is -0.136. The van der Waals surface area contributed by atoms with Crippen molar-refractivity contribution in [2.75, 3.05) is 6.23 Å². The van der Waals surface area contributed by atoms with Gasteiger partial charge in [-0.05, 0) is 6.08 Å². The van der Waals surface area contributed by atoms with Crippen LogP contribution in [-0.4, -0.2) is 20.3 Å². The maximum atomic E-state index is 11.7. The van der Waals surface area contributed by atoms with E-state index in [9.17, 15) is 4.79 Å². The van der Waals surface area contributed by atoms with Crippen molar-refractivity contribution < 1.29 is 9.53 Å². The van der Waals surface area contributed by atoms with Gasteiger partial charge in [-0.1, -0.05) is 61.3 Å². The van der Waals surface area contributed by atoms with Gasteiger partial charge >= 0.3 is 5.97 Å². The summed E-state index contributed by atoms with van der Waals surface area (Å²) < 4.78 is 5.25. The number of carbonyl (C=O) groups is 1.